The van der Waals surface area contributed by atoms with Crippen LogP contribution in [0.3, 0.4) is 0 Å². The second-order valence-electron chi connectivity index (χ2n) is 12.2. The Kier molecular flexibility index (Phi) is 8.90. The molecule has 0 saturated carbocycles. The highest BCUT2D eigenvalue weighted by molar-refractivity contribution is 6.59. The summed E-state index contributed by atoms with van der Waals surface area (Å²) in [7, 11) is 12.0. The first-order valence-electron chi connectivity index (χ1n) is 13.6. The van der Waals surface area contributed by atoms with E-state index in [2.05, 4.69) is 30.6 Å². The number of rotatable bonds is 9. The quantitative estimate of drug-likeness (QED) is 0.156. The van der Waals surface area contributed by atoms with Gasteiger partial charge in [0.05, 0.1) is 29.1 Å². The summed E-state index contributed by atoms with van der Waals surface area (Å²) in [5.74, 6) is -2.47. The summed E-state index contributed by atoms with van der Waals surface area (Å²) >= 11 is 0. The summed E-state index contributed by atoms with van der Waals surface area (Å²) in [5, 5.41) is 11.2. The van der Waals surface area contributed by atoms with Gasteiger partial charge in [0.2, 0.25) is 5.88 Å². The maximum Gasteiger partial charge on any atom is 0.573 e. The number of alkyl halides is 3. The van der Waals surface area contributed by atoms with Crippen molar-refractivity contribution in [2.75, 3.05) is 7.05 Å². The molecule has 1 atom stereocenters. The molecule has 2 heterocycles. The second kappa shape index (κ2) is 12.0. The Morgan fingerprint density at radius 3 is 2.25 bits per heavy atom. The predicted octanol–water partition coefficient (Wildman–Crippen LogP) is -1.64. The van der Waals surface area contributed by atoms with Crippen LogP contribution in [0.2, 0.25) is 5.11 Å². The highest BCUT2D eigenvalue weighted by Crippen LogP contribution is 2.37. The minimum Gasteiger partial charge on any atom is -0.498 e. The van der Waals surface area contributed by atoms with Crippen LogP contribution in [0.15, 0.2) is 48.7 Å². The summed E-state index contributed by atoms with van der Waals surface area (Å²) in [6.07, 6.45) is -3.46. The zero-order valence-electron chi connectivity index (χ0n) is 25.2. The summed E-state index contributed by atoms with van der Waals surface area (Å²) in [6, 6.07) is 8.33. The average molecular weight is 602 g/mol. The Bertz CT molecular complexity index is 1730. The van der Waals surface area contributed by atoms with E-state index in [9.17, 15) is 22.8 Å². The number of aromatic amines is 1. The number of carbonyl (C=O) groups excluding carboxylic acids is 2. The van der Waals surface area contributed by atoms with E-state index in [-0.39, 0.29) is 28.6 Å². The van der Waals surface area contributed by atoms with Crippen LogP contribution in [0, 0.1) is 5.82 Å². The van der Waals surface area contributed by atoms with Gasteiger partial charge in [0.1, 0.15) is 40.7 Å². The second-order valence-corrected chi connectivity index (χ2v) is 12.2. The molecule has 0 radical (unpaired) electrons. The number of hydrogen-bond donors (Lipinski definition) is 3. The molecule has 19 heteroatoms. The normalized spacial score (nSPS) is 12.8. The van der Waals surface area contributed by atoms with Crippen LogP contribution in [0.25, 0.3) is 22.0 Å². The fourth-order valence-corrected chi connectivity index (χ4v) is 4.54. The molecule has 44 heavy (non-hydrogen) atoms. The van der Waals surface area contributed by atoms with Crippen LogP contribution < -0.4 is 20.1 Å². The van der Waals surface area contributed by atoms with E-state index >= 15 is 4.39 Å². The molecule has 222 valence electrons. The fraction of sp³-hybridized carbons (Fsp3) is 0.200. The van der Waals surface area contributed by atoms with Crippen molar-refractivity contribution in [3.63, 3.8) is 0 Å². The van der Waals surface area contributed by atoms with Crippen molar-refractivity contribution in [3.8, 4) is 22.8 Å². The maximum atomic E-state index is 15.1. The molecule has 0 fully saturated rings. The zero-order valence-corrected chi connectivity index (χ0v) is 25.2. The molecule has 4 rings (SSSR count). The van der Waals surface area contributed by atoms with Gasteiger partial charge in [0, 0.05) is 41.1 Å². The molecule has 0 aliphatic heterocycles. The van der Waals surface area contributed by atoms with Gasteiger partial charge in [-0.1, -0.05) is 11.2 Å². The number of carbonyl (C=O) groups is 2. The highest BCUT2D eigenvalue weighted by Gasteiger charge is 2.35. The molecule has 0 bridgehead atoms. The van der Waals surface area contributed by atoms with Gasteiger partial charge in [0.25, 0.3) is 11.8 Å². The van der Waals surface area contributed by atoms with Crippen molar-refractivity contribution in [2.45, 2.75) is 22.8 Å². The van der Waals surface area contributed by atoms with Crippen molar-refractivity contribution >= 4 is 69.8 Å². The van der Waals surface area contributed by atoms with E-state index in [1.165, 1.54) is 13.2 Å². The van der Waals surface area contributed by atoms with Crippen molar-refractivity contribution < 1.29 is 36.6 Å². The van der Waals surface area contributed by atoms with Gasteiger partial charge < -0.3 is 20.1 Å². The topological polar surface area (TPSA) is 118 Å². The lowest BCUT2D eigenvalue weighted by Gasteiger charge is -2.33. The number of H-pyrrole nitrogens is 1. The van der Waals surface area contributed by atoms with E-state index in [0.717, 1.165) is 18.2 Å². The van der Waals surface area contributed by atoms with Crippen molar-refractivity contribution in [1.82, 2.24) is 25.8 Å². The van der Waals surface area contributed by atoms with E-state index < -0.39 is 40.3 Å². The molecular weight excluding hydrogens is 575 g/mol. The lowest BCUT2D eigenvalue weighted by molar-refractivity contribution is -0.274. The van der Waals surface area contributed by atoms with E-state index in [1.807, 2.05) is 0 Å². The molecule has 1 unspecified atom stereocenters. The predicted molar refractivity (Wildman–Crippen MR) is 173 cm³/mol. The third-order valence-electron chi connectivity index (χ3n) is 6.49. The van der Waals surface area contributed by atoms with Gasteiger partial charge in [-0.3, -0.25) is 14.7 Å². The lowest BCUT2D eigenvalue weighted by atomic mass is 9.39. The van der Waals surface area contributed by atoms with Gasteiger partial charge in [-0.2, -0.15) is 5.10 Å². The van der Waals surface area contributed by atoms with Gasteiger partial charge in [-0.15, -0.1) is 13.2 Å². The minimum atomic E-state index is -4.98. The number of amides is 2. The SMILES string of the molecule is BC(B)(B)Oc1ncc(-c2ccc3c(C(=O)NC)n[nH]c3c2)cc1C(=O)NC(c1cc(OC(F)(F)F)ccc1F)C(B)(B)B. The third kappa shape index (κ3) is 7.61. The number of hydrogen-bond acceptors (Lipinski definition) is 6. The first kappa shape index (κ1) is 32.6. The number of nitrogens with zero attached hydrogens (tertiary/aromatic N) is 2. The Balaban J connectivity index is 1.77. The molecule has 0 saturated heterocycles. The Labute approximate surface area is 256 Å². The molecule has 0 aliphatic rings. The Morgan fingerprint density at radius 2 is 1.64 bits per heavy atom. The minimum absolute atomic E-state index is 0.00515. The van der Waals surface area contributed by atoms with Crippen molar-refractivity contribution in [1.29, 1.82) is 0 Å². The monoisotopic (exact) mass is 603 g/mol. The molecule has 4 aromatic rings. The summed E-state index contributed by atoms with van der Waals surface area (Å²) in [5.41, 5.74) is 1.80. The number of fused-ring (bicyclic) bond motifs is 1. The van der Waals surface area contributed by atoms with Crippen LogP contribution in [-0.2, 0) is 0 Å². The first-order chi connectivity index (χ1) is 20.4. The molecule has 0 spiro atoms. The third-order valence-corrected chi connectivity index (χ3v) is 6.49. The Hall–Kier alpha value is -4.29. The van der Waals surface area contributed by atoms with Gasteiger partial charge in [-0.25, -0.2) is 9.37 Å². The van der Waals surface area contributed by atoms with Gasteiger partial charge >= 0.3 is 6.36 Å². The molecule has 2 aromatic carbocycles. The summed E-state index contributed by atoms with van der Waals surface area (Å²) < 4.78 is 63.8. The maximum absolute atomic E-state index is 15.1. The Morgan fingerprint density at radius 1 is 0.932 bits per heavy atom. The number of pyridine rings is 1. The number of benzene rings is 2. The lowest BCUT2D eigenvalue weighted by Crippen LogP contribution is -2.41. The smallest absolute Gasteiger partial charge is 0.498 e. The van der Waals surface area contributed by atoms with Crippen LogP contribution >= 0.6 is 0 Å². The average Bonchev–Trinajstić information content (AvgIpc) is 3.33. The molecule has 0 aliphatic carbocycles. The summed E-state index contributed by atoms with van der Waals surface area (Å²) in [4.78, 5) is 30.4. The summed E-state index contributed by atoms with van der Waals surface area (Å²) in [6.45, 7) is 0. The largest absolute Gasteiger partial charge is 0.573 e. The number of ether oxygens (including phenoxy) is 2. The number of halogens is 4. The van der Waals surface area contributed by atoms with E-state index in [0.29, 0.717) is 22.0 Å². The fourth-order valence-electron chi connectivity index (χ4n) is 4.54. The molecule has 2 amide bonds. The van der Waals surface area contributed by atoms with E-state index in [4.69, 9.17) is 4.74 Å². The molecule has 2 aromatic heterocycles. The first-order valence-corrected chi connectivity index (χ1v) is 13.6. The van der Waals surface area contributed by atoms with Gasteiger partial charge in [-0.05, 0) is 42.0 Å². The molecular formula is C25H27B6F4N5O4. The van der Waals surface area contributed by atoms with E-state index in [1.54, 1.807) is 71.3 Å². The van der Waals surface area contributed by atoms with Crippen LogP contribution in [0.4, 0.5) is 17.6 Å². The highest BCUT2D eigenvalue weighted by atomic mass is 19.4. The molecule has 3 N–H and O–H groups in total. The van der Waals surface area contributed by atoms with Crippen molar-refractivity contribution in [3.05, 3.63) is 71.3 Å². The van der Waals surface area contributed by atoms with Crippen LogP contribution in [0.1, 0.15) is 32.5 Å². The van der Waals surface area contributed by atoms with Gasteiger partial charge in [0.15, 0.2) is 5.69 Å². The standard InChI is InChI=1S/C25H27B6F4N5O4/c1-36-21(42)18-13-4-2-10(7-17(13)39-40-18)11-6-15(22(37-9-11)44-24(29,30)31)20(41)38-19(23(26,27)28)14-8-12(3-5-16(14)32)43-25(33,34)35/h2-9,19H,26-31H2,1H3,(H,36,42)(H,38,41)(H,39,40). The zero-order chi connectivity index (χ0) is 32.6. The molecule has 9 nitrogen and oxygen atoms in total. The van der Waals surface area contributed by atoms with Crippen LogP contribution in [0.5, 0.6) is 11.6 Å². The van der Waals surface area contributed by atoms with Crippen molar-refractivity contribution in [2.24, 2.45) is 0 Å². The van der Waals surface area contributed by atoms with Crippen LogP contribution in [-0.4, -0.2) is 92.8 Å². The number of aromatic nitrogens is 3. The number of nitrogens with one attached hydrogen (secondary N) is 3.